The van der Waals surface area contributed by atoms with Gasteiger partial charge in [0.15, 0.2) is 0 Å². The highest BCUT2D eigenvalue weighted by Gasteiger charge is 2.08. The largest absolute Gasteiger partial charge is 0.382 e. The molecular weight excluding hydrogens is 218 g/mol. The van der Waals surface area contributed by atoms with Gasteiger partial charge in [-0.15, -0.1) is 10.3 Å². The van der Waals surface area contributed by atoms with Crippen molar-refractivity contribution in [1.29, 1.82) is 0 Å². The van der Waals surface area contributed by atoms with E-state index in [-0.39, 0.29) is 0 Å². The molecule has 0 atom stereocenters. The molecule has 7 heteroatoms. The number of allylic oxidation sites excluding steroid dienone is 1. The molecule has 1 aliphatic heterocycles. The minimum Gasteiger partial charge on any atom is -0.382 e. The van der Waals surface area contributed by atoms with Gasteiger partial charge in [-0.3, -0.25) is 5.43 Å². The average molecular weight is 235 g/mol. The predicted molar refractivity (Wildman–Crippen MR) is 65.2 cm³/mol. The standard InChI is InChI=1S/C10H17N7/c1-2-10-13-6-8(14-10)4-3-7-5-9(11)16-17(12)15-7/h5-6,15H,2-4,12H2,1H3,(H2,11,16)(H,13,14). The number of nitrogens with zero attached hydrogens (tertiary/aromatic N) is 3. The van der Waals surface area contributed by atoms with Gasteiger partial charge in [0.2, 0.25) is 0 Å². The third-order valence-corrected chi connectivity index (χ3v) is 2.48. The molecule has 1 aromatic heterocycles. The third-order valence-electron chi connectivity index (χ3n) is 2.48. The van der Waals surface area contributed by atoms with Crippen LogP contribution in [0.3, 0.4) is 0 Å². The number of hydrazone groups is 1. The number of amidine groups is 1. The fourth-order valence-corrected chi connectivity index (χ4v) is 1.65. The van der Waals surface area contributed by atoms with E-state index in [1.165, 1.54) is 0 Å². The van der Waals surface area contributed by atoms with Crippen LogP contribution in [0.2, 0.25) is 0 Å². The first-order chi connectivity index (χ1) is 8.17. The number of H-pyrrole nitrogens is 1. The Hall–Kier alpha value is -2.02. The summed E-state index contributed by atoms with van der Waals surface area (Å²) in [6, 6.07) is 0. The van der Waals surface area contributed by atoms with Crippen LogP contribution in [0.5, 0.6) is 0 Å². The first-order valence-electron chi connectivity index (χ1n) is 5.56. The van der Waals surface area contributed by atoms with E-state index in [2.05, 4.69) is 27.4 Å². The van der Waals surface area contributed by atoms with Gasteiger partial charge in [-0.05, 0) is 12.8 Å². The van der Waals surface area contributed by atoms with E-state index in [0.717, 1.165) is 41.7 Å². The van der Waals surface area contributed by atoms with E-state index in [1.807, 2.05) is 6.20 Å². The van der Waals surface area contributed by atoms with Gasteiger partial charge in [0.05, 0.1) is 0 Å². The molecule has 0 unspecified atom stereocenters. The van der Waals surface area contributed by atoms with Crippen molar-refractivity contribution >= 4 is 5.84 Å². The third kappa shape index (κ3) is 2.97. The summed E-state index contributed by atoms with van der Waals surface area (Å²) in [6.45, 7) is 2.07. The monoisotopic (exact) mass is 235 g/mol. The zero-order chi connectivity index (χ0) is 12.3. The molecule has 0 saturated carbocycles. The number of hydrogen-bond donors (Lipinski definition) is 4. The summed E-state index contributed by atoms with van der Waals surface area (Å²) in [6.07, 6.45) is 6.21. The summed E-state index contributed by atoms with van der Waals surface area (Å²) in [5, 5.41) is 4.92. The van der Waals surface area contributed by atoms with Crippen LogP contribution < -0.4 is 17.0 Å². The predicted octanol–water partition coefficient (Wildman–Crippen LogP) is -0.245. The fraction of sp³-hybridized carbons (Fsp3) is 0.400. The number of aromatic nitrogens is 2. The minimum atomic E-state index is 0.403. The van der Waals surface area contributed by atoms with Gasteiger partial charge in [0, 0.05) is 30.1 Å². The number of aryl methyl sites for hydroxylation is 2. The van der Waals surface area contributed by atoms with Crippen LogP contribution in [-0.4, -0.2) is 21.0 Å². The number of imidazole rings is 1. The van der Waals surface area contributed by atoms with Crippen molar-refractivity contribution in [2.24, 2.45) is 16.7 Å². The molecule has 17 heavy (non-hydrogen) atoms. The second-order valence-corrected chi connectivity index (χ2v) is 3.86. The number of rotatable bonds is 4. The molecule has 0 saturated heterocycles. The molecule has 0 bridgehead atoms. The smallest absolute Gasteiger partial charge is 0.148 e. The molecule has 2 rings (SSSR count). The molecule has 0 aromatic carbocycles. The average Bonchev–Trinajstić information content (AvgIpc) is 2.73. The van der Waals surface area contributed by atoms with Gasteiger partial charge in [-0.2, -0.15) is 0 Å². The maximum Gasteiger partial charge on any atom is 0.148 e. The molecule has 6 N–H and O–H groups in total. The van der Waals surface area contributed by atoms with E-state index in [4.69, 9.17) is 11.6 Å². The van der Waals surface area contributed by atoms with Crippen LogP contribution >= 0.6 is 0 Å². The lowest BCUT2D eigenvalue weighted by Crippen LogP contribution is -2.43. The lowest BCUT2D eigenvalue weighted by Gasteiger charge is -2.21. The quantitative estimate of drug-likeness (QED) is 0.538. The Morgan fingerprint density at radius 1 is 1.41 bits per heavy atom. The van der Waals surface area contributed by atoms with Crippen molar-refractivity contribution in [3.8, 4) is 0 Å². The van der Waals surface area contributed by atoms with Crippen molar-refractivity contribution in [2.75, 3.05) is 0 Å². The lowest BCUT2D eigenvalue weighted by molar-refractivity contribution is 0.221. The molecule has 7 nitrogen and oxygen atoms in total. The Labute approximate surface area is 99.5 Å². The summed E-state index contributed by atoms with van der Waals surface area (Å²) in [7, 11) is 0. The SMILES string of the molecule is CCc1ncc(CCC2=CC(N)=NN(N)N2)[nH]1. The van der Waals surface area contributed by atoms with Crippen LogP contribution in [0.4, 0.5) is 0 Å². The van der Waals surface area contributed by atoms with Crippen molar-refractivity contribution < 1.29 is 0 Å². The van der Waals surface area contributed by atoms with E-state index in [1.54, 1.807) is 6.08 Å². The Balaban J connectivity index is 1.92. The molecule has 2 heterocycles. The van der Waals surface area contributed by atoms with Crippen molar-refractivity contribution in [3.05, 3.63) is 29.5 Å². The van der Waals surface area contributed by atoms with Gasteiger partial charge in [-0.25, -0.2) is 10.8 Å². The van der Waals surface area contributed by atoms with Crippen molar-refractivity contribution in [3.63, 3.8) is 0 Å². The summed E-state index contributed by atoms with van der Waals surface area (Å²) in [4.78, 5) is 7.50. The number of nitrogens with one attached hydrogen (secondary N) is 2. The first kappa shape index (κ1) is 11.5. The van der Waals surface area contributed by atoms with Gasteiger partial charge < -0.3 is 10.7 Å². The molecular formula is C10H17N7. The summed E-state index contributed by atoms with van der Waals surface area (Å²) in [5.74, 6) is 6.91. The van der Waals surface area contributed by atoms with Crippen molar-refractivity contribution in [2.45, 2.75) is 26.2 Å². The van der Waals surface area contributed by atoms with E-state index < -0.39 is 0 Å². The van der Waals surface area contributed by atoms with Crippen LogP contribution in [0.15, 0.2) is 23.1 Å². The van der Waals surface area contributed by atoms with Gasteiger partial charge in [0.1, 0.15) is 11.7 Å². The first-order valence-corrected chi connectivity index (χ1v) is 5.56. The van der Waals surface area contributed by atoms with Gasteiger partial charge in [-0.1, -0.05) is 6.92 Å². The second kappa shape index (κ2) is 4.88. The highest BCUT2D eigenvalue weighted by atomic mass is 15.8. The Bertz CT molecular complexity index is 445. The van der Waals surface area contributed by atoms with Crippen molar-refractivity contribution in [1.82, 2.24) is 20.6 Å². The van der Waals surface area contributed by atoms with Crippen LogP contribution in [0.25, 0.3) is 0 Å². The maximum atomic E-state index is 5.60. The fourth-order valence-electron chi connectivity index (χ4n) is 1.65. The number of aromatic amines is 1. The van der Waals surface area contributed by atoms with E-state index in [9.17, 15) is 0 Å². The molecule has 0 amide bonds. The summed E-state index contributed by atoms with van der Waals surface area (Å²) in [5.41, 5.74) is 10.6. The van der Waals surface area contributed by atoms with E-state index >= 15 is 0 Å². The van der Waals surface area contributed by atoms with Crippen LogP contribution in [0, 0.1) is 0 Å². The lowest BCUT2D eigenvalue weighted by atomic mass is 10.2. The normalized spacial score (nSPS) is 15.3. The molecule has 92 valence electrons. The summed E-state index contributed by atoms with van der Waals surface area (Å²) < 4.78 is 0. The van der Waals surface area contributed by atoms with Crippen LogP contribution in [0.1, 0.15) is 24.9 Å². The van der Waals surface area contributed by atoms with E-state index in [0.29, 0.717) is 5.84 Å². The molecule has 1 aliphatic rings. The zero-order valence-electron chi connectivity index (χ0n) is 9.77. The minimum absolute atomic E-state index is 0.403. The molecule has 0 aliphatic carbocycles. The number of hydrazine groups is 2. The molecule has 0 fully saturated rings. The molecule has 1 aromatic rings. The highest BCUT2D eigenvalue weighted by molar-refractivity contribution is 5.92. The Morgan fingerprint density at radius 2 is 2.24 bits per heavy atom. The van der Waals surface area contributed by atoms with Gasteiger partial charge >= 0.3 is 0 Å². The van der Waals surface area contributed by atoms with Crippen LogP contribution in [-0.2, 0) is 12.8 Å². The summed E-state index contributed by atoms with van der Waals surface area (Å²) >= 11 is 0. The highest BCUT2D eigenvalue weighted by Crippen LogP contribution is 2.08. The second-order valence-electron chi connectivity index (χ2n) is 3.86. The Kier molecular flexibility index (Phi) is 3.29. The number of nitrogens with two attached hydrogens (primary N) is 2. The van der Waals surface area contributed by atoms with Gasteiger partial charge in [0.25, 0.3) is 0 Å². The Morgan fingerprint density at radius 3 is 2.88 bits per heavy atom. The number of hydrogen-bond acceptors (Lipinski definition) is 6. The molecule has 0 spiro atoms. The molecule has 0 radical (unpaired) electrons. The zero-order valence-corrected chi connectivity index (χ0v) is 9.77. The maximum absolute atomic E-state index is 5.60. The topological polar surface area (TPSA) is 108 Å².